The summed E-state index contributed by atoms with van der Waals surface area (Å²) >= 11 is 0. The summed E-state index contributed by atoms with van der Waals surface area (Å²) in [7, 11) is -2.19. The van der Waals surface area contributed by atoms with Crippen molar-refractivity contribution in [1.82, 2.24) is 4.90 Å². The van der Waals surface area contributed by atoms with Crippen molar-refractivity contribution < 1.29 is 27.5 Å². The minimum Gasteiger partial charge on any atom is -0.484 e. The van der Waals surface area contributed by atoms with E-state index in [-0.39, 0.29) is 29.3 Å². The van der Waals surface area contributed by atoms with Gasteiger partial charge in [-0.1, -0.05) is 17.7 Å². The molecule has 33 heavy (non-hydrogen) atoms. The highest BCUT2D eigenvalue weighted by molar-refractivity contribution is 7.92. The predicted molar refractivity (Wildman–Crippen MR) is 125 cm³/mol. The van der Waals surface area contributed by atoms with Crippen LogP contribution in [0.3, 0.4) is 0 Å². The van der Waals surface area contributed by atoms with Crippen LogP contribution in [0.5, 0.6) is 5.75 Å². The van der Waals surface area contributed by atoms with Crippen molar-refractivity contribution in [3.05, 3.63) is 54.1 Å². The third-order valence-corrected chi connectivity index (χ3v) is 7.44. The van der Waals surface area contributed by atoms with E-state index in [1.54, 1.807) is 60.4 Å². The fraction of sp³-hybridized carbons (Fsp3) is 0.417. The van der Waals surface area contributed by atoms with E-state index in [1.165, 1.54) is 11.4 Å². The number of nitrogens with zero attached hydrogens (tertiary/aromatic N) is 2. The molecule has 3 rings (SSSR count). The predicted octanol–water partition coefficient (Wildman–Crippen LogP) is 3.00. The number of carbonyl (C=O) groups excluding carboxylic acids is 2. The lowest BCUT2D eigenvalue weighted by molar-refractivity contribution is -0.151. The zero-order valence-corrected chi connectivity index (χ0v) is 20.0. The van der Waals surface area contributed by atoms with Gasteiger partial charge in [0.05, 0.1) is 23.1 Å². The fourth-order valence-corrected chi connectivity index (χ4v) is 4.85. The van der Waals surface area contributed by atoms with Crippen molar-refractivity contribution in [3.8, 4) is 5.75 Å². The molecule has 0 bridgehead atoms. The monoisotopic (exact) mass is 474 g/mol. The molecule has 0 saturated carbocycles. The number of benzene rings is 2. The Morgan fingerprint density at radius 3 is 2.39 bits per heavy atom. The molecule has 2 aromatic rings. The van der Waals surface area contributed by atoms with Crippen LogP contribution in [-0.4, -0.2) is 58.5 Å². The minimum atomic E-state index is -3.68. The maximum atomic E-state index is 12.8. The fourth-order valence-electron chi connectivity index (χ4n) is 3.65. The molecule has 178 valence electrons. The van der Waals surface area contributed by atoms with Crippen LogP contribution in [0.1, 0.15) is 25.3 Å². The van der Waals surface area contributed by atoms with Gasteiger partial charge < -0.3 is 14.4 Å². The Hall–Kier alpha value is -3.07. The van der Waals surface area contributed by atoms with E-state index in [0.717, 1.165) is 12.0 Å². The molecule has 1 saturated heterocycles. The Bertz CT molecular complexity index is 1070. The lowest BCUT2D eigenvalue weighted by Crippen LogP contribution is -2.44. The lowest BCUT2D eigenvalue weighted by atomic mass is 9.98. The van der Waals surface area contributed by atoms with E-state index in [1.807, 2.05) is 6.92 Å². The average Bonchev–Trinajstić information content (AvgIpc) is 2.83. The third kappa shape index (κ3) is 6.04. The van der Waals surface area contributed by atoms with Crippen molar-refractivity contribution >= 4 is 27.6 Å². The summed E-state index contributed by atoms with van der Waals surface area (Å²) in [4.78, 5) is 26.4. The number of piperidine rings is 1. The molecular formula is C24H30N2O6S. The maximum absolute atomic E-state index is 12.8. The van der Waals surface area contributed by atoms with Crippen molar-refractivity contribution in [3.63, 3.8) is 0 Å². The highest BCUT2D eigenvalue weighted by Gasteiger charge is 2.29. The van der Waals surface area contributed by atoms with Gasteiger partial charge in [-0.3, -0.25) is 13.9 Å². The van der Waals surface area contributed by atoms with Crippen molar-refractivity contribution in [2.24, 2.45) is 5.92 Å². The molecule has 1 atom stereocenters. The Morgan fingerprint density at radius 1 is 1.09 bits per heavy atom. The molecule has 1 fully saturated rings. The normalized spacial score (nSPS) is 16.2. The molecular weight excluding hydrogens is 444 g/mol. The van der Waals surface area contributed by atoms with Gasteiger partial charge in [-0.2, -0.15) is 0 Å². The second kappa shape index (κ2) is 10.7. The third-order valence-electron chi connectivity index (χ3n) is 5.64. The maximum Gasteiger partial charge on any atom is 0.310 e. The van der Waals surface area contributed by atoms with Crippen LogP contribution >= 0.6 is 0 Å². The standard InChI is InChI=1S/C24H30N2O6S/c1-4-31-24(28)19-6-5-15-26(16-19)23(27)17-32-21-11-9-20(10-12-21)25(3)33(29,30)22-13-7-18(2)8-14-22/h7-14,19H,4-6,15-17H2,1-3H3/t19-/m1/s1. The number of hydrogen-bond acceptors (Lipinski definition) is 6. The number of aryl methyl sites for hydroxylation is 1. The van der Waals surface area contributed by atoms with E-state index < -0.39 is 10.0 Å². The summed E-state index contributed by atoms with van der Waals surface area (Å²) in [5.74, 6) is -0.316. The molecule has 2 aromatic carbocycles. The van der Waals surface area contributed by atoms with Crippen LogP contribution in [0.4, 0.5) is 5.69 Å². The van der Waals surface area contributed by atoms with Crippen LogP contribution in [0.25, 0.3) is 0 Å². The van der Waals surface area contributed by atoms with E-state index in [9.17, 15) is 18.0 Å². The number of likely N-dealkylation sites (tertiary alicyclic amines) is 1. The van der Waals surface area contributed by atoms with Crippen LogP contribution < -0.4 is 9.04 Å². The number of hydrogen-bond donors (Lipinski definition) is 0. The van der Waals surface area contributed by atoms with Gasteiger partial charge in [0, 0.05) is 20.1 Å². The van der Waals surface area contributed by atoms with Gasteiger partial charge in [-0.05, 0) is 63.1 Å². The van der Waals surface area contributed by atoms with Gasteiger partial charge in [0.2, 0.25) is 0 Å². The molecule has 0 aromatic heterocycles. The second-order valence-electron chi connectivity index (χ2n) is 8.00. The van der Waals surface area contributed by atoms with Crippen LogP contribution in [0, 0.1) is 12.8 Å². The minimum absolute atomic E-state index is 0.160. The Morgan fingerprint density at radius 2 is 1.76 bits per heavy atom. The van der Waals surface area contributed by atoms with Gasteiger partial charge in [-0.15, -0.1) is 0 Å². The average molecular weight is 475 g/mol. The van der Waals surface area contributed by atoms with E-state index in [0.29, 0.717) is 37.6 Å². The number of esters is 1. The second-order valence-corrected chi connectivity index (χ2v) is 9.97. The number of carbonyl (C=O) groups is 2. The molecule has 1 aliphatic heterocycles. The topological polar surface area (TPSA) is 93.2 Å². The molecule has 1 aliphatic rings. The Labute approximate surface area is 195 Å². The van der Waals surface area contributed by atoms with Gasteiger partial charge in [0.25, 0.3) is 15.9 Å². The zero-order chi connectivity index (χ0) is 24.0. The summed E-state index contributed by atoms with van der Waals surface area (Å²) in [6.07, 6.45) is 1.45. The molecule has 8 nitrogen and oxygen atoms in total. The SMILES string of the molecule is CCOC(=O)[C@@H]1CCCN(C(=O)COc2ccc(N(C)S(=O)(=O)c3ccc(C)cc3)cc2)C1. The molecule has 0 N–H and O–H groups in total. The van der Waals surface area contributed by atoms with Crippen molar-refractivity contribution in [2.75, 3.05) is 37.7 Å². The summed E-state index contributed by atoms with van der Waals surface area (Å²) in [5, 5.41) is 0. The van der Waals surface area contributed by atoms with Crippen LogP contribution in [0.2, 0.25) is 0 Å². The molecule has 1 amide bonds. The molecule has 9 heteroatoms. The number of rotatable bonds is 8. The first-order valence-corrected chi connectivity index (χ1v) is 12.4. The summed E-state index contributed by atoms with van der Waals surface area (Å²) < 4.78 is 37.6. The number of ether oxygens (including phenoxy) is 2. The molecule has 0 spiro atoms. The van der Waals surface area contributed by atoms with Gasteiger partial charge in [-0.25, -0.2) is 8.42 Å². The van der Waals surface area contributed by atoms with E-state index in [2.05, 4.69) is 0 Å². The lowest BCUT2D eigenvalue weighted by Gasteiger charge is -2.31. The van der Waals surface area contributed by atoms with Gasteiger partial charge in [0.15, 0.2) is 6.61 Å². The Kier molecular flexibility index (Phi) is 7.97. The molecule has 0 unspecified atom stereocenters. The number of sulfonamides is 1. The first-order valence-electron chi connectivity index (χ1n) is 10.9. The van der Waals surface area contributed by atoms with Crippen LogP contribution in [0.15, 0.2) is 53.4 Å². The number of amides is 1. The quantitative estimate of drug-likeness (QED) is 0.546. The molecule has 0 radical (unpaired) electrons. The van der Waals surface area contributed by atoms with Crippen LogP contribution in [-0.2, 0) is 24.3 Å². The molecule has 0 aliphatic carbocycles. The Balaban J connectivity index is 1.57. The van der Waals surface area contributed by atoms with Crippen molar-refractivity contribution in [1.29, 1.82) is 0 Å². The van der Waals surface area contributed by atoms with E-state index in [4.69, 9.17) is 9.47 Å². The first-order chi connectivity index (χ1) is 15.7. The first kappa shape index (κ1) is 24.6. The van der Waals surface area contributed by atoms with Crippen molar-refractivity contribution in [2.45, 2.75) is 31.6 Å². The molecule has 1 heterocycles. The summed E-state index contributed by atoms with van der Waals surface area (Å²) in [5.41, 5.74) is 1.45. The summed E-state index contributed by atoms with van der Waals surface area (Å²) in [6.45, 7) is 4.74. The largest absolute Gasteiger partial charge is 0.484 e. The van der Waals surface area contributed by atoms with Gasteiger partial charge >= 0.3 is 5.97 Å². The summed E-state index contributed by atoms with van der Waals surface area (Å²) in [6, 6.07) is 13.2. The number of anilines is 1. The smallest absolute Gasteiger partial charge is 0.310 e. The highest BCUT2D eigenvalue weighted by Crippen LogP contribution is 2.25. The highest BCUT2D eigenvalue weighted by atomic mass is 32.2. The van der Waals surface area contributed by atoms with E-state index >= 15 is 0 Å². The van der Waals surface area contributed by atoms with Gasteiger partial charge in [0.1, 0.15) is 5.75 Å². The zero-order valence-electron chi connectivity index (χ0n) is 19.2.